The molecular weight excluding hydrogens is 316 g/mol. The molecule has 0 aromatic heterocycles. The number of nitrogens with one attached hydrogen (secondary N) is 1. The number of carbonyl (C=O) groups is 3. The average molecular weight is 336 g/mol. The van der Waals surface area contributed by atoms with Gasteiger partial charge in [0.2, 0.25) is 11.8 Å². The van der Waals surface area contributed by atoms with Crippen molar-refractivity contribution in [3.63, 3.8) is 0 Å². The number of carboxylic acid groups (broad SMARTS) is 1. The van der Waals surface area contributed by atoms with E-state index in [1.807, 2.05) is 30.3 Å². The molecule has 1 fully saturated rings. The molecule has 2 N–H and O–H groups in total. The SMILES string of the molecule is CC(=O)N1CSCC1C(=O)NCC(Cc1ccccc1)C(=O)O. The third-order valence-electron chi connectivity index (χ3n) is 3.79. The van der Waals surface area contributed by atoms with E-state index in [0.717, 1.165) is 5.56 Å². The highest BCUT2D eigenvalue weighted by molar-refractivity contribution is 7.99. The lowest BCUT2D eigenvalue weighted by Gasteiger charge is -2.22. The van der Waals surface area contributed by atoms with Gasteiger partial charge in [-0.2, -0.15) is 0 Å². The molecule has 2 rings (SSSR count). The average Bonchev–Trinajstić information content (AvgIpc) is 3.01. The lowest BCUT2D eigenvalue weighted by molar-refractivity contribution is -0.142. The summed E-state index contributed by atoms with van der Waals surface area (Å²) in [5.41, 5.74) is 0.913. The number of hydrogen-bond donors (Lipinski definition) is 2. The Morgan fingerprint density at radius 2 is 2.04 bits per heavy atom. The summed E-state index contributed by atoms with van der Waals surface area (Å²) in [5, 5.41) is 12.0. The van der Waals surface area contributed by atoms with E-state index in [-0.39, 0.29) is 18.4 Å². The van der Waals surface area contributed by atoms with Gasteiger partial charge in [-0.15, -0.1) is 11.8 Å². The van der Waals surface area contributed by atoms with E-state index in [4.69, 9.17) is 0 Å². The zero-order valence-corrected chi connectivity index (χ0v) is 13.7. The van der Waals surface area contributed by atoms with Gasteiger partial charge in [0, 0.05) is 19.2 Å². The summed E-state index contributed by atoms with van der Waals surface area (Å²) in [6, 6.07) is 8.80. The number of rotatable bonds is 6. The number of carbonyl (C=O) groups excluding carboxylic acids is 2. The van der Waals surface area contributed by atoms with E-state index in [2.05, 4.69) is 5.32 Å². The topological polar surface area (TPSA) is 86.7 Å². The Morgan fingerprint density at radius 3 is 2.65 bits per heavy atom. The molecule has 1 saturated heterocycles. The van der Waals surface area contributed by atoms with Crippen molar-refractivity contribution in [1.82, 2.24) is 10.2 Å². The fourth-order valence-electron chi connectivity index (χ4n) is 2.46. The smallest absolute Gasteiger partial charge is 0.308 e. The maximum absolute atomic E-state index is 12.2. The molecule has 0 bridgehead atoms. The molecule has 1 aliphatic heterocycles. The Balaban J connectivity index is 1.92. The Bertz CT molecular complexity index is 579. The first kappa shape index (κ1) is 17.3. The molecule has 2 amide bonds. The van der Waals surface area contributed by atoms with E-state index >= 15 is 0 Å². The predicted molar refractivity (Wildman–Crippen MR) is 87.9 cm³/mol. The molecule has 2 atom stereocenters. The van der Waals surface area contributed by atoms with E-state index in [9.17, 15) is 19.5 Å². The van der Waals surface area contributed by atoms with Gasteiger partial charge in [-0.05, 0) is 12.0 Å². The second-order valence-electron chi connectivity index (χ2n) is 5.47. The largest absolute Gasteiger partial charge is 0.481 e. The molecule has 0 radical (unpaired) electrons. The number of hydrogen-bond acceptors (Lipinski definition) is 4. The summed E-state index contributed by atoms with van der Waals surface area (Å²) in [5.74, 6) is -1.03. The van der Waals surface area contributed by atoms with Gasteiger partial charge in [0.05, 0.1) is 11.8 Å². The van der Waals surface area contributed by atoms with Gasteiger partial charge < -0.3 is 15.3 Å². The first-order valence-electron chi connectivity index (χ1n) is 7.38. The van der Waals surface area contributed by atoms with Crippen LogP contribution in [0.4, 0.5) is 0 Å². The van der Waals surface area contributed by atoms with Gasteiger partial charge in [-0.25, -0.2) is 0 Å². The quantitative estimate of drug-likeness (QED) is 0.808. The molecular formula is C16H20N2O4S. The molecule has 23 heavy (non-hydrogen) atoms. The van der Waals surface area contributed by atoms with Gasteiger partial charge >= 0.3 is 5.97 Å². The van der Waals surface area contributed by atoms with Crippen LogP contribution in [0.2, 0.25) is 0 Å². The maximum atomic E-state index is 12.2. The predicted octanol–water partition coefficient (Wildman–Crippen LogP) is 0.967. The van der Waals surface area contributed by atoms with Crippen molar-refractivity contribution >= 4 is 29.5 Å². The van der Waals surface area contributed by atoms with Crippen LogP contribution in [0.25, 0.3) is 0 Å². The third-order valence-corrected chi connectivity index (χ3v) is 4.80. The first-order valence-corrected chi connectivity index (χ1v) is 8.54. The van der Waals surface area contributed by atoms with Gasteiger partial charge in [-0.1, -0.05) is 30.3 Å². The number of thioether (sulfide) groups is 1. The summed E-state index contributed by atoms with van der Waals surface area (Å²) in [6.45, 7) is 1.48. The van der Waals surface area contributed by atoms with Gasteiger partial charge in [0.15, 0.2) is 0 Å². The highest BCUT2D eigenvalue weighted by atomic mass is 32.2. The summed E-state index contributed by atoms with van der Waals surface area (Å²) < 4.78 is 0. The summed E-state index contributed by atoms with van der Waals surface area (Å²) >= 11 is 1.52. The van der Waals surface area contributed by atoms with Crippen LogP contribution in [0.1, 0.15) is 12.5 Å². The van der Waals surface area contributed by atoms with Crippen molar-refractivity contribution in [3.8, 4) is 0 Å². The number of benzene rings is 1. The fraction of sp³-hybridized carbons (Fsp3) is 0.438. The van der Waals surface area contributed by atoms with E-state index < -0.39 is 17.9 Å². The van der Waals surface area contributed by atoms with Crippen LogP contribution in [0.5, 0.6) is 0 Å². The van der Waals surface area contributed by atoms with Crippen molar-refractivity contribution in [2.24, 2.45) is 5.92 Å². The van der Waals surface area contributed by atoms with Crippen LogP contribution in [0, 0.1) is 5.92 Å². The molecule has 0 aliphatic carbocycles. The van der Waals surface area contributed by atoms with Crippen LogP contribution in [-0.4, -0.2) is 52.0 Å². The van der Waals surface area contributed by atoms with Gasteiger partial charge in [-0.3, -0.25) is 14.4 Å². The highest BCUT2D eigenvalue weighted by Crippen LogP contribution is 2.21. The Hall–Kier alpha value is -2.02. The molecule has 0 saturated carbocycles. The first-order chi connectivity index (χ1) is 11.0. The van der Waals surface area contributed by atoms with Crippen LogP contribution in [-0.2, 0) is 20.8 Å². The van der Waals surface area contributed by atoms with Crippen LogP contribution < -0.4 is 5.32 Å². The summed E-state index contributed by atoms with van der Waals surface area (Å²) in [7, 11) is 0. The van der Waals surface area contributed by atoms with Crippen molar-refractivity contribution in [2.45, 2.75) is 19.4 Å². The fourth-order valence-corrected chi connectivity index (χ4v) is 3.68. The Kier molecular flexibility index (Phi) is 6.04. The summed E-state index contributed by atoms with van der Waals surface area (Å²) in [6.07, 6.45) is 0.353. The molecule has 1 aliphatic rings. The molecule has 6 nitrogen and oxygen atoms in total. The minimum atomic E-state index is -0.946. The van der Waals surface area contributed by atoms with Crippen molar-refractivity contribution in [3.05, 3.63) is 35.9 Å². The Morgan fingerprint density at radius 1 is 1.35 bits per heavy atom. The molecule has 2 unspecified atom stereocenters. The molecule has 1 heterocycles. The van der Waals surface area contributed by atoms with Crippen LogP contribution in [0.3, 0.4) is 0 Å². The Labute approximate surface area is 139 Å². The lowest BCUT2D eigenvalue weighted by Crippen LogP contribution is -2.48. The van der Waals surface area contributed by atoms with Crippen molar-refractivity contribution in [2.75, 3.05) is 18.2 Å². The third kappa shape index (κ3) is 4.72. The zero-order chi connectivity index (χ0) is 16.8. The normalized spacial score (nSPS) is 18.5. The number of aliphatic carboxylic acids is 1. The lowest BCUT2D eigenvalue weighted by atomic mass is 9.99. The van der Waals surface area contributed by atoms with Gasteiger partial charge in [0.25, 0.3) is 0 Å². The van der Waals surface area contributed by atoms with E-state index in [0.29, 0.717) is 18.1 Å². The second kappa shape index (κ2) is 8.01. The minimum Gasteiger partial charge on any atom is -0.481 e. The molecule has 1 aromatic rings. The van der Waals surface area contributed by atoms with Crippen LogP contribution >= 0.6 is 11.8 Å². The minimum absolute atomic E-state index is 0.0516. The number of amides is 2. The van der Waals surface area contributed by atoms with E-state index in [1.54, 1.807) is 0 Å². The zero-order valence-electron chi connectivity index (χ0n) is 12.9. The molecule has 0 spiro atoms. The monoisotopic (exact) mass is 336 g/mol. The molecule has 7 heteroatoms. The number of nitrogens with zero attached hydrogens (tertiary/aromatic N) is 1. The molecule has 1 aromatic carbocycles. The number of carboxylic acids is 1. The highest BCUT2D eigenvalue weighted by Gasteiger charge is 2.33. The van der Waals surface area contributed by atoms with Crippen molar-refractivity contribution in [1.29, 1.82) is 0 Å². The van der Waals surface area contributed by atoms with Crippen LogP contribution in [0.15, 0.2) is 30.3 Å². The molecule has 124 valence electrons. The van der Waals surface area contributed by atoms with Crippen molar-refractivity contribution < 1.29 is 19.5 Å². The maximum Gasteiger partial charge on any atom is 0.308 e. The van der Waals surface area contributed by atoms with Gasteiger partial charge in [0.1, 0.15) is 6.04 Å². The second-order valence-corrected chi connectivity index (χ2v) is 6.47. The van der Waals surface area contributed by atoms with E-state index in [1.165, 1.54) is 23.6 Å². The standard InChI is InChI=1S/C16H20N2O4S/c1-11(19)18-10-23-9-14(18)15(20)17-8-13(16(21)22)7-12-5-3-2-4-6-12/h2-6,13-14H,7-10H2,1H3,(H,17,20)(H,21,22). The summed E-state index contributed by atoms with van der Waals surface area (Å²) in [4.78, 5) is 36.6.